The smallest absolute Gasteiger partial charge is 0.257 e. The number of likely N-dealkylation sites (tertiary alicyclic amines) is 1. The molecular formula is C38H45N7O4. The van der Waals surface area contributed by atoms with Gasteiger partial charge in [-0.25, -0.2) is 4.98 Å². The zero-order valence-corrected chi connectivity index (χ0v) is 28.6. The van der Waals surface area contributed by atoms with Crippen LogP contribution in [0.25, 0.3) is 11.0 Å². The van der Waals surface area contributed by atoms with Gasteiger partial charge in [-0.3, -0.25) is 9.59 Å². The van der Waals surface area contributed by atoms with Crippen molar-refractivity contribution in [1.29, 1.82) is 0 Å². The number of rotatable bonds is 15. The first-order valence-electron chi connectivity index (χ1n) is 17.2. The average Bonchev–Trinajstić information content (AvgIpc) is 3.82. The van der Waals surface area contributed by atoms with Crippen LogP contribution in [-0.4, -0.2) is 90.8 Å². The van der Waals surface area contributed by atoms with E-state index < -0.39 is 0 Å². The minimum atomic E-state index is -0.305. The fourth-order valence-electron chi connectivity index (χ4n) is 6.88. The second-order valence-electron chi connectivity index (χ2n) is 12.7. The van der Waals surface area contributed by atoms with Gasteiger partial charge in [0.1, 0.15) is 11.8 Å². The number of aromatic nitrogens is 2. The van der Waals surface area contributed by atoms with Gasteiger partial charge in [-0.15, -0.1) is 5.10 Å². The Bertz CT molecular complexity index is 1780. The SMILES string of the molecule is CCOCCn1c(C(=O)C2CCN(CCC(CN(C)C(=O)c3cc(C4C=NN=N4)ccc3OC)c3ccccc3)CC2)nc2ccccc21. The molecular weight excluding hydrogens is 618 g/mol. The van der Waals surface area contributed by atoms with Crippen molar-refractivity contribution in [3.63, 3.8) is 0 Å². The predicted octanol–water partition coefficient (Wildman–Crippen LogP) is 6.41. The molecule has 2 aliphatic rings. The highest BCUT2D eigenvalue weighted by Gasteiger charge is 2.30. The van der Waals surface area contributed by atoms with Gasteiger partial charge in [0.05, 0.1) is 36.5 Å². The second-order valence-corrected chi connectivity index (χ2v) is 12.7. The summed E-state index contributed by atoms with van der Waals surface area (Å²) in [5, 5.41) is 11.7. The van der Waals surface area contributed by atoms with Gasteiger partial charge in [-0.2, -0.15) is 5.11 Å². The number of likely N-dealkylation sites (N-methyl/N-ethyl adjacent to an activating group) is 1. The summed E-state index contributed by atoms with van der Waals surface area (Å²) in [6, 6.07) is 23.5. The summed E-state index contributed by atoms with van der Waals surface area (Å²) < 4.78 is 13.2. The lowest BCUT2D eigenvalue weighted by Gasteiger charge is -2.33. The molecule has 4 aromatic rings. The van der Waals surface area contributed by atoms with E-state index in [1.165, 1.54) is 5.56 Å². The topological polar surface area (TPSA) is 114 Å². The fraction of sp³-hybridized carbons (Fsp3) is 0.421. The number of amides is 1. The number of ketones is 1. The molecule has 11 heteroatoms. The average molecular weight is 664 g/mol. The van der Waals surface area contributed by atoms with Crippen molar-refractivity contribution in [2.75, 3.05) is 53.6 Å². The summed E-state index contributed by atoms with van der Waals surface area (Å²) in [6.07, 6.45) is 4.13. The van der Waals surface area contributed by atoms with Gasteiger partial charge >= 0.3 is 0 Å². The summed E-state index contributed by atoms with van der Waals surface area (Å²) in [4.78, 5) is 36.7. The van der Waals surface area contributed by atoms with Crippen molar-refractivity contribution >= 4 is 28.9 Å². The van der Waals surface area contributed by atoms with Crippen LogP contribution in [0, 0.1) is 5.92 Å². The minimum absolute atomic E-state index is 0.0599. The van der Waals surface area contributed by atoms with Gasteiger partial charge in [-0.1, -0.05) is 48.5 Å². The molecule has 2 unspecified atom stereocenters. The zero-order valence-electron chi connectivity index (χ0n) is 28.6. The summed E-state index contributed by atoms with van der Waals surface area (Å²) in [7, 11) is 3.42. The van der Waals surface area contributed by atoms with Crippen molar-refractivity contribution in [3.8, 4) is 5.75 Å². The number of ether oxygens (including phenoxy) is 2. The van der Waals surface area contributed by atoms with Crippen molar-refractivity contribution < 1.29 is 19.1 Å². The first-order chi connectivity index (χ1) is 24.0. The molecule has 256 valence electrons. The van der Waals surface area contributed by atoms with Gasteiger partial charge in [0.2, 0.25) is 5.78 Å². The van der Waals surface area contributed by atoms with Gasteiger partial charge in [0, 0.05) is 38.6 Å². The number of carbonyl (C=O) groups excluding carboxylic acids is 2. The van der Waals surface area contributed by atoms with E-state index in [-0.39, 0.29) is 29.6 Å². The van der Waals surface area contributed by atoms with Gasteiger partial charge in [-0.05, 0) is 86.4 Å². The lowest BCUT2D eigenvalue weighted by molar-refractivity contribution is 0.0776. The maximum absolute atomic E-state index is 13.8. The predicted molar refractivity (Wildman–Crippen MR) is 190 cm³/mol. The van der Waals surface area contributed by atoms with Gasteiger partial charge in [0.25, 0.3) is 5.91 Å². The van der Waals surface area contributed by atoms with Crippen LogP contribution in [0.3, 0.4) is 0 Å². The molecule has 0 bridgehead atoms. The van der Waals surface area contributed by atoms with E-state index in [1.54, 1.807) is 24.3 Å². The number of benzene rings is 3. The van der Waals surface area contributed by atoms with Crippen molar-refractivity contribution in [2.45, 2.75) is 44.7 Å². The van der Waals surface area contributed by atoms with E-state index in [2.05, 4.69) is 32.5 Å². The van der Waals surface area contributed by atoms with Gasteiger partial charge in [0.15, 0.2) is 5.82 Å². The Balaban J connectivity index is 1.09. The van der Waals surface area contributed by atoms with E-state index >= 15 is 0 Å². The van der Waals surface area contributed by atoms with Crippen LogP contribution in [0.4, 0.5) is 0 Å². The number of nitrogens with zero attached hydrogens (tertiary/aromatic N) is 7. The second kappa shape index (κ2) is 16.1. The van der Waals surface area contributed by atoms with Crippen molar-refractivity contribution in [2.24, 2.45) is 21.4 Å². The molecule has 3 heterocycles. The summed E-state index contributed by atoms with van der Waals surface area (Å²) in [5.41, 5.74) is 4.34. The third-order valence-corrected chi connectivity index (χ3v) is 9.63. The molecule has 1 aromatic heterocycles. The minimum Gasteiger partial charge on any atom is -0.496 e. The summed E-state index contributed by atoms with van der Waals surface area (Å²) in [5.74, 6) is 1.14. The number of Topliss-reactive ketones (excluding diaryl/α,β-unsaturated/α-hetero) is 1. The lowest BCUT2D eigenvalue weighted by atomic mass is 9.90. The first kappa shape index (κ1) is 34.1. The lowest BCUT2D eigenvalue weighted by Crippen LogP contribution is -2.39. The quantitative estimate of drug-likeness (QED) is 0.107. The number of methoxy groups -OCH3 is 1. The van der Waals surface area contributed by atoms with Crippen LogP contribution in [0.1, 0.15) is 70.2 Å². The highest BCUT2D eigenvalue weighted by molar-refractivity contribution is 5.98. The summed E-state index contributed by atoms with van der Waals surface area (Å²) in [6.45, 7) is 6.88. The highest BCUT2D eigenvalue weighted by Crippen LogP contribution is 2.30. The molecule has 1 fully saturated rings. The number of hydrogen-bond donors (Lipinski definition) is 0. The molecule has 11 nitrogen and oxygen atoms in total. The van der Waals surface area contributed by atoms with Crippen molar-refractivity contribution in [3.05, 3.63) is 95.3 Å². The van der Waals surface area contributed by atoms with Crippen LogP contribution in [0.2, 0.25) is 0 Å². The Labute approximate surface area is 287 Å². The van der Waals surface area contributed by atoms with E-state index in [1.807, 2.05) is 73.1 Å². The molecule has 1 saturated heterocycles. The number of imidazole rings is 1. The molecule has 6 rings (SSSR count). The molecule has 0 saturated carbocycles. The fourth-order valence-corrected chi connectivity index (χ4v) is 6.88. The summed E-state index contributed by atoms with van der Waals surface area (Å²) >= 11 is 0. The molecule has 0 aliphatic carbocycles. The Hall–Kier alpha value is -4.74. The third kappa shape index (κ3) is 7.95. The van der Waals surface area contributed by atoms with E-state index in [9.17, 15) is 9.59 Å². The Morgan fingerprint density at radius 2 is 1.78 bits per heavy atom. The van der Waals surface area contributed by atoms with Crippen LogP contribution >= 0.6 is 0 Å². The van der Waals surface area contributed by atoms with Crippen LogP contribution in [0.15, 0.2) is 88.2 Å². The third-order valence-electron chi connectivity index (χ3n) is 9.63. The zero-order chi connectivity index (χ0) is 34.2. The molecule has 49 heavy (non-hydrogen) atoms. The van der Waals surface area contributed by atoms with Crippen LogP contribution in [0.5, 0.6) is 5.75 Å². The van der Waals surface area contributed by atoms with Gasteiger partial charge < -0.3 is 23.8 Å². The molecule has 2 aliphatic heterocycles. The van der Waals surface area contributed by atoms with Crippen molar-refractivity contribution in [1.82, 2.24) is 19.4 Å². The largest absolute Gasteiger partial charge is 0.496 e. The van der Waals surface area contributed by atoms with E-state index in [4.69, 9.17) is 14.5 Å². The number of hydrogen-bond acceptors (Lipinski definition) is 9. The first-order valence-corrected chi connectivity index (χ1v) is 17.2. The molecule has 3 aromatic carbocycles. The number of piperidine rings is 1. The maximum atomic E-state index is 13.8. The number of fused-ring (bicyclic) bond motifs is 1. The van der Waals surface area contributed by atoms with E-state index in [0.717, 1.165) is 55.5 Å². The number of para-hydroxylation sites is 2. The Morgan fingerprint density at radius 3 is 2.51 bits per heavy atom. The molecule has 1 amide bonds. The normalized spacial score (nSPS) is 17.1. The van der Waals surface area contributed by atoms with E-state index in [0.29, 0.717) is 43.4 Å². The Morgan fingerprint density at radius 1 is 1.00 bits per heavy atom. The van der Waals surface area contributed by atoms with Crippen LogP contribution in [-0.2, 0) is 11.3 Å². The molecule has 0 N–H and O–H groups in total. The maximum Gasteiger partial charge on any atom is 0.257 e. The monoisotopic (exact) mass is 663 g/mol. The molecule has 0 radical (unpaired) electrons. The van der Waals surface area contributed by atoms with Crippen LogP contribution < -0.4 is 4.74 Å². The number of carbonyl (C=O) groups is 2. The molecule has 0 spiro atoms. The Kier molecular flexibility index (Phi) is 11.2. The molecule has 2 atom stereocenters. The highest BCUT2D eigenvalue weighted by atomic mass is 16.5. The standard InChI is InChI=1S/C38H45N7O4/c1-4-49-23-22-45-34-13-9-8-12-32(34)40-37(45)36(46)28-16-19-44(20-17-28)21-18-30(27-10-6-5-7-11-27)26-43(2)38(47)31-24-29(14-15-35(31)48-3)33-25-39-42-41-33/h5-15,24-25,28,30,33H,4,16-23,26H2,1-3H3.